The summed E-state index contributed by atoms with van der Waals surface area (Å²) in [4.78, 5) is 15.4. The predicted octanol–water partition coefficient (Wildman–Crippen LogP) is 2.49. The van der Waals surface area contributed by atoms with Crippen LogP contribution >= 0.6 is 0 Å². The molecule has 0 fully saturated rings. The monoisotopic (exact) mass is 288 g/mol. The number of carboxylic acids is 1. The van der Waals surface area contributed by atoms with Gasteiger partial charge in [-0.2, -0.15) is 0 Å². The molecular weight excluding hydrogens is 272 g/mol. The van der Waals surface area contributed by atoms with Gasteiger partial charge >= 0.3 is 5.97 Å². The lowest BCUT2D eigenvalue weighted by atomic mass is 10.1. The number of nitrogens with one attached hydrogen (secondary N) is 1. The lowest BCUT2D eigenvalue weighted by Gasteiger charge is -2.13. The van der Waals surface area contributed by atoms with E-state index in [1.807, 2.05) is 25.1 Å². The first-order chi connectivity index (χ1) is 10.2. The predicted molar refractivity (Wildman–Crippen MR) is 77.8 cm³/mol. The maximum Gasteiger partial charge on any atom is 0.308 e. The number of carboxylic acid groups (broad SMARTS) is 1. The third-order valence-electron chi connectivity index (χ3n) is 3.62. The zero-order valence-corrected chi connectivity index (χ0v) is 11.6. The third-order valence-corrected chi connectivity index (χ3v) is 3.62. The lowest BCUT2D eigenvalue weighted by Crippen LogP contribution is -2.22. The molecule has 1 atom stereocenters. The van der Waals surface area contributed by atoms with Crippen LogP contribution in [0.3, 0.4) is 0 Å². The number of carbonyl (C=O) groups is 1. The molecule has 3 rings (SSSR count). The number of aliphatic carboxylic acids is 1. The fraction of sp³-hybridized carbons (Fsp3) is 0.333. The molecule has 6 nitrogen and oxygen atoms in total. The van der Waals surface area contributed by atoms with Gasteiger partial charge < -0.3 is 19.9 Å². The number of anilines is 1. The van der Waals surface area contributed by atoms with Gasteiger partial charge in [-0.1, -0.05) is 6.92 Å². The van der Waals surface area contributed by atoms with Gasteiger partial charge in [0.05, 0.1) is 5.92 Å². The van der Waals surface area contributed by atoms with E-state index in [0.29, 0.717) is 24.5 Å². The Bertz CT molecular complexity index is 687. The Kier molecular flexibility index (Phi) is 3.51. The van der Waals surface area contributed by atoms with Crippen LogP contribution in [0.2, 0.25) is 0 Å². The molecule has 21 heavy (non-hydrogen) atoms. The highest BCUT2D eigenvalue weighted by Gasteiger charge is 2.18. The van der Waals surface area contributed by atoms with Gasteiger partial charge in [-0.05, 0) is 30.0 Å². The number of hydrogen-bond acceptors (Lipinski definition) is 5. The number of nitrogens with zero attached hydrogens (tertiary/aromatic N) is 1. The van der Waals surface area contributed by atoms with E-state index in [0.717, 1.165) is 16.5 Å². The molecule has 0 saturated carbocycles. The Balaban J connectivity index is 1.90. The number of benzene rings is 1. The highest BCUT2D eigenvalue weighted by molar-refractivity contribution is 5.94. The summed E-state index contributed by atoms with van der Waals surface area (Å²) in [5, 5.41) is 14.1. The second-order valence-corrected chi connectivity index (χ2v) is 4.91. The first-order valence-corrected chi connectivity index (χ1v) is 6.84. The lowest BCUT2D eigenvalue weighted by molar-refractivity contribution is -0.141. The van der Waals surface area contributed by atoms with Crippen molar-refractivity contribution in [2.75, 3.05) is 18.7 Å². The van der Waals surface area contributed by atoms with Crippen molar-refractivity contribution in [3.63, 3.8) is 0 Å². The van der Waals surface area contributed by atoms with Crippen molar-refractivity contribution < 1.29 is 19.4 Å². The summed E-state index contributed by atoms with van der Waals surface area (Å²) in [6, 6.07) is 5.66. The van der Waals surface area contributed by atoms with E-state index in [9.17, 15) is 4.79 Å². The van der Waals surface area contributed by atoms with Gasteiger partial charge in [0, 0.05) is 18.1 Å². The maximum atomic E-state index is 11.1. The first-order valence-electron chi connectivity index (χ1n) is 6.84. The first kappa shape index (κ1) is 13.5. The van der Waals surface area contributed by atoms with E-state index in [2.05, 4.69) is 10.3 Å². The zero-order valence-electron chi connectivity index (χ0n) is 11.6. The molecule has 1 aliphatic heterocycles. The second kappa shape index (κ2) is 5.47. The van der Waals surface area contributed by atoms with Crippen LogP contribution in [0.1, 0.15) is 13.3 Å². The standard InChI is InChI=1S/C15H16N2O4/c1-2-9(15(18)19)7-17-14-11-6-13-12(20-8-21-13)5-10(11)3-4-16-14/h3-6,9H,2,7-8H2,1H3,(H,16,17)(H,18,19). The Hall–Kier alpha value is -2.50. The van der Waals surface area contributed by atoms with Crippen LogP contribution in [0.4, 0.5) is 5.82 Å². The third kappa shape index (κ3) is 2.56. The SMILES string of the molecule is CCC(CNc1nccc2cc3c(cc12)OCO3)C(=O)O. The minimum absolute atomic E-state index is 0.221. The molecule has 0 spiro atoms. The highest BCUT2D eigenvalue weighted by Crippen LogP contribution is 2.37. The quantitative estimate of drug-likeness (QED) is 0.879. The van der Waals surface area contributed by atoms with Gasteiger partial charge in [0.1, 0.15) is 5.82 Å². The summed E-state index contributed by atoms with van der Waals surface area (Å²) < 4.78 is 10.7. The Morgan fingerprint density at radius 1 is 1.43 bits per heavy atom. The molecule has 0 amide bonds. The second-order valence-electron chi connectivity index (χ2n) is 4.91. The van der Waals surface area contributed by atoms with E-state index in [-0.39, 0.29) is 6.79 Å². The summed E-state index contributed by atoms with van der Waals surface area (Å²) in [5.41, 5.74) is 0. The van der Waals surface area contributed by atoms with E-state index in [1.54, 1.807) is 6.20 Å². The molecule has 2 N–H and O–H groups in total. The number of hydrogen-bond donors (Lipinski definition) is 2. The molecule has 1 aliphatic rings. The van der Waals surface area contributed by atoms with Crippen molar-refractivity contribution in [2.45, 2.75) is 13.3 Å². The molecule has 2 aromatic rings. The molecule has 0 saturated heterocycles. The molecule has 1 aromatic heterocycles. The van der Waals surface area contributed by atoms with Gasteiger partial charge in [0.2, 0.25) is 6.79 Å². The molecule has 1 aromatic carbocycles. The minimum Gasteiger partial charge on any atom is -0.481 e. The van der Waals surface area contributed by atoms with Gasteiger partial charge in [0.25, 0.3) is 0 Å². The number of fused-ring (bicyclic) bond motifs is 2. The minimum atomic E-state index is -0.803. The van der Waals surface area contributed by atoms with Crippen molar-refractivity contribution in [3.8, 4) is 11.5 Å². The largest absolute Gasteiger partial charge is 0.481 e. The van der Waals surface area contributed by atoms with Crippen LogP contribution < -0.4 is 14.8 Å². The van der Waals surface area contributed by atoms with Gasteiger partial charge in [-0.15, -0.1) is 0 Å². The summed E-state index contributed by atoms with van der Waals surface area (Å²) in [7, 11) is 0. The van der Waals surface area contributed by atoms with Crippen LogP contribution in [0.5, 0.6) is 11.5 Å². The van der Waals surface area contributed by atoms with Crippen LogP contribution in [0.25, 0.3) is 10.8 Å². The Morgan fingerprint density at radius 3 is 2.90 bits per heavy atom. The van der Waals surface area contributed by atoms with E-state index in [4.69, 9.17) is 14.6 Å². The highest BCUT2D eigenvalue weighted by atomic mass is 16.7. The molecule has 1 unspecified atom stereocenters. The molecule has 110 valence electrons. The van der Waals surface area contributed by atoms with E-state index in [1.165, 1.54) is 0 Å². The summed E-state index contributed by atoms with van der Waals surface area (Å²) in [5.74, 6) is 0.824. The summed E-state index contributed by atoms with van der Waals surface area (Å²) >= 11 is 0. The van der Waals surface area contributed by atoms with Gasteiger partial charge in [-0.3, -0.25) is 4.79 Å². The van der Waals surface area contributed by atoms with Crippen molar-refractivity contribution in [3.05, 3.63) is 24.4 Å². The molecule has 0 aliphatic carbocycles. The zero-order chi connectivity index (χ0) is 14.8. The molecule has 0 radical (unpaired) electrons. The fourth-order valence-electron chi connectivity index (χ4n) is 2.33. The maximum absolute atomic E-state index is 11.1. The van der Waals surface area contributed by atoms with Gasteiger partial charge in [-0.25, -0.2) is 4.98 Å². The molecular formula is C15H16N2O4. The van der Waals surface area contributed by atoms with Crippen LogP contribution in [0, 0.1) is 5.92 Å². The average Bonchev–Trinajstić information content (AvgIpc) is 2.92. The number of aromatic nitrogens is 1. The van der Waals surface area contributed by atoms with Crippen LogP contribution in [-0.4, -0.2) is 29.4 Å². The smallest absolute Gasteiger partial charge is 0.308 e. The number of pyridine rings is 1. The fourth-order valence-corrected chi connectivity index (χ4v) is 2.33. The van der Waals surface area contributed by atoms with Crippen molar-refractivity contribution in [1.29, 1.82) is 0 Å². The van der Waals surface area contributed by atoms with Crippen molar-refractivity contribution in [2.24, 2.45) is 5.92 Å². The number of rotatable bonds is 5. The Morgan fingerprint density at radius 2 is 2.19 bits per heavy atom. The molecule has 2 heterocycles. The summed E-state index contributed by atoms with van der Waals surface area (Å²) in [6.07, 6.45) is 2.26. The average molecular weight is 288 g/mol. The normalized spacial score (nSPS) is 14.1. The molecule has 0 bridgehead atoms. The summed E-state index contributed by atoms with van der Waals surface area (Å²) in [6.45, 7) is 2.42. The van der Waals surface area contributed by atoms with Crippen LogP contribution in [-0.2, 0) is 4.79 Å². The van der Waals surface area contributed by atoms with Crippen LogP contribution in [0.15, 0.2) is 24.4 Å². The van der Waals surface area contributed by atoms with E-state index < -0.39 is 11.9 Å². The molecule has 6 heteroatoms. The van der Waals surface area contributed by atoms with E-state index >= 15 is 0 Å². The topological polar surface area (TPSA) is 80.7 Å². The van der Waals surface area contributed by atoms with Gasteiger partial charge in [0.15, 0.2) is 11.5 Å². The number of ether oxygens (including phenoxy) is 2. The van der Waals surface area contributed by atoms with Crippen molar-refractivity contribution in [1.82, 2.24) is 4.98 Å². The Labute approximate surface area is 121 Å². The van der Waals surface area contributed by atoms with Crippen molar-refractivity contribution >= 4 is 22.6 Å².